The minimum Gasteiger partial charge on any atom is -0.335 e. The van der Waals surface area contributed by atoms with Crippen molar-refractivity contribution >= 4 is 61.1 Å². The van der Waals surface area contributed by atoms with Crippen molar-refractivity contribution in [2.75, 3.05) is 17.6 Å². The first kappa shape index (κ1) is 10.8. The van der Waals surface area contributed by atoms with Crippen LogP contribution in [-0.4, -0.2) is 17.5 Å². The molecule has 0 unspecified atom stereocenters. The Morgan fingerprint density at radius 3 is 3.00 bits per heavy atom. The Labute approximate surface area is 109 Å². The van der Waals surface area contributed by atoms with Gasteiger partial charge in [0.2, 0.25) is 0 Å². The Hall–Kier alpha value is 0.250. The third-order valence-electron chi connectivity index (χ3n) is 1.76. The molecule has 0 fully saturated rings. The highest BCUT2D eigenvalue weighted by Crippen LogP contribution is 2.24. The fourth-order valence-electron chi connectivity index (χ4n) is 1.11. The minimum absolute atomic E-state index is 0.931. The van der Waals surface area contributed by atoms with Crippen LogP contribution in [0.3, 0.4) is 0 Å². The molecule has 0 atom stereocenters. The lowest BCUT2D eigenvalue weighted by molar-refractivity contribution is 1.17. The molecule has 1 aromatic carbocycles. The summed E-state index contributed by atoms with van der Waals surface area (Å²) in [5, 5.41) is 4.33. The number of rotatable bonds is 1. The maximum atomic E-state index is 4.34. The van der Waals surface area contributed by atoms with Crippen molar-refractivity contribution in [2.24, 2.45) is 4.99 Å². The van der Waals surface area contributed by atoms with E-state index in [9.17, 15) is 0 Å². The van der Waals surface area contributed by atoms with Crippen LogP contribution in [0, 0.1) is 3.57 Å². The van der Waals surface area contributed by atoms with E-state index in [4.69, 9.17) is 0 Å². The number of hydrogen-bond acceptors (Lipinski definition) is 3. The van der Waals surface area contributed by atoms with Gasteiger partial charge in [-0.25, -0.2) is 0 Å². The molecule has 74 valence electrons. The van der Waals surface area contributed by atoms with E-state index in [-0.39, 0.29) is 0 Å². The van der Waals surface area contributed by atoms with Crippen LogP contribution in [0.5, 0.6) is 0 Å². The molecule has 2 rings (SSSR count). The number of nitrogens with zero attached hydrogens (tertiary/aromatic N) is 1. The molecule has 0 spiro atoms. The van der Waals surface area contributed by atoms with Crippen LogP contribution in [0.25, 0.3) is 0 Å². The van der Waals surface area contributed by atoms with Crippen LogP contribution < -0.4 is 5.32 Å². The zero-order chi connectivity index (χ0) is 9.97. The average molecular weight is 383 g/mol. The fourth-order valence-corrected chi connectivity index (χ4v) is 2.62. The number of halogens is 2. The summed E-state index contributed by atoms with van der Waals surface area (Å²) < 4.78 is 2.33. The van der Waals surface area contributed by atoms with Gasteiger partial charge in [-0.2, -0.15) is 0 Å². The summed E-state index contributed by atoms with van der Waals surface area (Å²) in [6.07, 6.45) is 0. The molecule has 0 saturated carbocycles. The molecule has 1 aromatic rings. The quantitative estimate of drug-likeness (QED) is 0.751. The van der Waals surface area contributed by atoms with Gasteiger partial charge in [0.15, 0.2) is 5.17 Å². The molecular formula is C9H8BrIN2S. The van der Waals surface area contributed by atoms with Crippen molar-refractivity contribution in [3.05, 3.63) is 26.2 Å². The van der Waals surface area contributed by atoms with Gasteiger partial charge in [0.05, 0.1) is 6.54 Å². The number of anilines is 1. The van der Waals surface area contributed by atoms with E-state index >= 15 is 0 Å². The second kappa shape index (κ2) is 4.85. The highest BCUT2D eigenvalue weighted by atomic mass is 127. The third-order valence-corrected chi connectivity index (χ3v) is 4.97. The van der Waals surface area contributed by atoms with E-state index < -0.39 is 0 Å². The first-order chi connectivity index (χ1) is 6.75. The van der Waals surface area contributed by atoms with Gasteiger partial charge in [-0.15, -0.1) is 0 Å². The summed E-state index contributed by atoms with van der Waals surface area (Å²) in [5.41, 5.74) is 1.10. The lowest BCUT2D eigenvalue weighted by Crippen LogP contribution is -2.04. The van der Waals surface area contributed by atoms with Crippen molar-refractivity contribution in [1.29, 1.82) is 0 Å². The van der Waals surface area contributed by atoms with Crippen molar-refractivity contribution in [2.45, 2.75) is 0 Å². The van der Waals surface area contributed by atoms with Crippen LogP contribution >= 0.6 is 50.3 Å². The van der Waals surface area contributed by atoms with E-state index in [2.05, 4.69) is 54.9 Å². The number of hydrogen-bond donors (Lipinski definition) is 1. The van der Waals surface area contributed by atoms with Crippen molar-refractivity contribution in [3.8, 4) is 0 Å². The molecule has 0 bridgehead atoms. The highest BCUT2D eigenvalue weighted by molar-refractivity contribution is 14.1. The number of aliphatic imine (C=N–C) groups is 1. The van der Waals surface area contributed by atoms with Crippen LogP contribution in [0.4, 0.5) is 5.69 Å². The van der Waals surface area contributed by atoms with E-state index in [1.54, 1.807) is 11.8 Å². The average Bonchev–Trinajstić information content (AvgIpc) is 2.64. The van der Waals surface area contributed by atoms with E-state index in [1.165, 1.54) is 3.57 Å². The zero-order valence-electron chi connectivity index (χ0n) is 7.26. The molecule has 1 N–H and O–H groups in total. The van der Waals surface area contributed by atoms with Gasteiger partial charge in [0.25, 0.3) is 0 Å². The van der Waals surface area contributed by atoms with E-state index in [0.29, 0.717) is 0 Å². The summed E-state index contributed by atoms with van der Waals surface area (Å²) in [6, 6.07) is 6.20. The molecule has 0 saturated heterocycles. The van der Waals surface area contributed by atoms with Gasteiger partial charge >= 0.3 is 0 Å². The summed E-state index contributed by atoms with van der Waals surface area (Å²) in [7, 11) is 0. The number of amidine groups is 1. The van der Waals surface area contributed by atoms with E-state index in [1.807, 2.05) is 12.1 Å². The largest absolute Gasteiger partial charge is 0.335 e. The maximum absolute atomic E-state index is 4.34. The Kier molecular flexibility index (Phi) is 3.73. The van der Waals surface area contributed by atoms with Crippen LogP contribution in [0.15, 0.2) is 27.7 Å². The smallest absolute Gasteiger partial charge is 0.161 e. The molecule has 0 aliphatic carbocycles. The van der Waals surface area contributed by atoms with Crippen molar-refractivity contribution < 1.29 is 0 Å². The second-order valence-corrected chi connectivity index (χ2v) is 5.89. The summed E-state index contributed by atoms with van der Waals surface area (Å²) in [4.78, 5) is 4.34. The molecule has 14 heavy (non-hydrogen) atoms. The molecular weight excluding hydrogens is 375 g/mol. The second-order valence-electron chi connectivity index (χ2n) is 2.79. The molecule has 1 aliphatic heterocycles. The SMILES string of the molecule is Brc1ccc(NC2=NCCS2)cc1I. The molecule has 1 heterocycles. The Morgan fingerprint density at radius 1 is 1.50 bits per heavy atom. The first-order valence-corrected chi connectivity index (χ1v) is 7.01. The zero-order valence-corrected chi connectivity index (χ0v) is 11.8. The van der Waals surface area contributed by atoms with Gasteiger partial charge in [-0.05, 0) is 56.7 Å². The normalized spacial score (nSPS) is 15.4. The predicted molar refractivity (Wildman–Crippen MR) is 75.2 cm³/mol. The molecule has 5 heteroatoms. The van der Waals surface area contributed by atoms with Gasteiger partial charge in [-0.3, -0.25) is 4.99 Å². The lowest BCUT2D eigenvalue weighted by Gasteiger charge is -2.05. The van der Waals surface area contributed by atoms with Gasteiger partial charge in [0, 0.05) is 19.5 Å². The molecule has 0 radical (unpaired) electrons. The Bertz CT molecular complexity index is 381. The molecule has 1 aliphatic rings. The molecule has 0 aromatic heterocycles. The standard InChI is InChI=1S/C9H8BrIN2S/c10-7-2-1-6(5-8(7)11)13-9-12-3-4-14-9/h1-2,5H,3-4H2,(H,12,13). The summed E-state index contributed by atoms with van der Waals surface area (Å²) >= 11 is 7.55. The Morgan fingerprint density at radius 2 is 2.36 bits per heavy atom. The van der Waals surface area contributed by atoms with Gasteiger partial charge in [-0.1, -0.05) is 11.8 Å². The molecule has 2 nitrogen and oxygen atoms in total. The summed E-state index contributed by atoms with van der Waals surface area (Å²) in [5.74, 6) is 1.09. The number of nitrogens with one attached hydrogen (secondary N) is 1. The van der Waals surface area contributed by atoms with Crippen LogP contribution in [-0.2, 0) is 0 Å². The number of thioether (sulfide) groups is 1. The monoisotopic (exact) mass is 382 g/mol. The lowest BCUT2D eigenvalue weighted by atomic mass is 10.3. The van der Waals surface area contributed by atoms with Crippen molar-refractivity contribution in [3.63, 3.8) is 0 Å². The molecule has 0 amide bonds. The first-order valence-electron chi connectivity index (χ1n) is 4.15. The number of benzene rings is 1. The van der Waals surface area contributed by atoms with Gasteiger partial charge in [0.1, 0.15) is 0 Å². The van der Waals surface area contributed by atoms with Crippen LogP contribution in [0.2, 0.25) is 0 Å². The van der Waals surface area contributed by atoms with Crippen molar-refractivity contribution in [1.82, 2.24) is 0 Å². The third kappa shape index (κ3) is 2.64. The maximum Gasteiger partial charge on any atom is 0.161 e. The van der Waals surface area contributed by atoms with Gasteiger partial charge < -0.3 is 5.32 Å². The Balaban J connectivity index is 2.13. The fraction of sp³-hybridized carbons (Fsp3) is 0.222. The highest BCUT2D eigenvalue weighted by Gasteiger charge is 2.07. The minimum atomic E-state index is 0.931. The predicted octanol–water partition coefficient (Wildman–Crippen LogP) is 3.57. The summed E-state index contributed by atoms with van der Waals surface area (Å²) in [6.45, 7) is 0.931. The van der Waals surface area contributed by atoms with E-state index in [0.717, 1.165) is 27.6 Å². The topological polar surface area (TPSA) is 24.4 Å². The van der Waals surface area contributed by atoms with Crippen LogP contribution in [0.1, 0.15) is 0 Å².